The van der Waals surface area contributed by atoms with Crippen molar-refractivity contribution >= 4 is 28.9 Å². The molecule has 0 fully saturated rings. The van der Waals surface area contributed by atoms with Gasteiger partial charge in [0.05, 0.1) is 4.92 Å². The van der Waals surface area contributed by atoms with Crippen molar-refractivity contribution in [2.45, 2.75) is 0 Å². The summed E-state index contributed by atoms with van der Waals surface area (Å²) in [6, 6.07) is 15.7. The normalized spacial score (nSPS) is 10.3. The second-order valence-electron chi connectivity index (χ2n) is 5.46. The van der Waals surface area contributed by atoms with Gasteiger partial charge in [-0.05, 0) is 48.5 Å². The van der Waals surface area contributed by atoms with Gasteiger partial charge in [0, 0.05) is 22.8 Å². The summed E-state index contributed by atoms with van der Waals surface area (Å²) >= 11 is 5.83. The van der Waals surface area contributed by atoms with Crippen molar-refractivity contribution in [2.24, 2.45) is 0 Å². The SMILES string of the molecule is O=C(Nc1ccc(Oc2cccc(F)c2)cc1)c1cc(Cl)ccc1[N+](=O)[O-]. The lowest BCUT2D eigenvalue weighted by Gasteiger charge is -2.09. The average Bonchev–Trinajstić information content (AvgIpc) is 2.63. The molecule has 0 aliphatic carbocycles. The molecule has 3 aromatic rings. The van der Waals surface area contributed by atoms with Crippen molar-refractivity contribution in [3.8, 4) is 11.5 Å². The van der Waals surface area contributed by atoms with Gasteiger partial charge in [-0.2, -0.15) is 0 Å². The number of amides is 1. The molecule has 136 valence electrons. The molecule has 0 unspecified atom stereocenters. The lowest BCUT2D eigenvalue weighted by atomic mass is 10.1. The predicted molar refractivity (Wildman–Crippen MR) is 99.0 cm³/mol. The van der Waals surface area contributed by atoms with E-state index in [1.807, 2.05) is 0 Å². The van der Waals surface area contributed by atoms with Crippen LogP contribution in [0.25, 0.3) is 0 Å². The third kappa shape index (κ3) is 4.59. The van der Waals surface area contributed by atoms with Crippen molar-refractivity contribution in [1.29, 1.82) is 0 Å². The summed E-state index contributed by atoms with van der Waals surface area (Å²) in [6.07, 6.45) is 0. The molecule has 6 nitrogen and oxygen atoms in total. The van der Waals surface area contributed by atoms with Crippen LogP contribution in [0.15, 0.2) is 66.7 Å². The molecule has 1 amide bonds. The highest BCUT2D eigenvalue weighted by Gasteiger charge is 2.20. The van der Waals surface area contributed by atoms with E-state index in [9.17, 15) is 19.3 Å². The zero-order valence-corrected chi connectivity index (χ0v) is 14.4. The highest BCUT2D eigenvalue weighted by Crippen LogP contribution is 2.26. The minimum Gasteiger partial charge on any atom is -0.457 e. The third-order valence-corrected chi connectivity index (χ3v) is 3.78. The number of carbonyl (C=O) groups is 1. The summed E-state index contributed by atoms with van der Waals surface area (Å²) in [6.45, 7) is 0. The molecule has 0 atom stereocenters. The van der Waals surface area contributed by atoms with E-state index in [1.54, 1.807) is 30.3 Å². The molecule has 3 rings (SSSR count). The lowest BCUT2D eigenvalue weighted by Crippen LogP contribution is -2.13. The largest absolute Gasteiger partial charge is 0.457 e. The van der Waals surface area contributed by atoms with Gasteiger partial charge < -0.3 is 10.1 Å². The molecule has 0 saturated carbocycles. The molecule has 0 saturated heterocycles. The van der Waals surface area contributed by atoms with Crippen LogP contribution in [-0.2, 0) is 0 Å². The van der Waals surface area contributed by atoms with Gasteiger partial charge in [0.2, 0.25) is 0 Å². The maximum absolute atomic E-state index is 13.2. The van der Waals surface area contributed by atoms with E-state index in [4.69, 9.17) is 16.3 Å². The van der Waals surface area contributed by atoms with Crippen LogP contribution in [0.5, 0.6) is 11.5 Å². The average molecular weight is 387 g/mol. The van der Waals surface area contributed by atoms with Gasteiger partial charge in [-0.25, -0.2) is 4.39 Å². The highest BCUT2D eigenvalue weighted by atomic mass is 35.5. The Morgan fingerprint density at radius 3 is 2.44 bits per heavy atom. The Morgan fingerprint density at radius 2 is 1.78 bits per heavy atom. The Balaban J connectivity index is 1.74. The molecule has 0 bridgehead atoms. The third-order valence-electron chi connectivity index (χ3n) is 3.54. The number of benzene rings is 3. The van der Waals surface area contributed by atoms with E-state index in [0.717, 1.165) is 0 Å². The van der Waals surface area contributed by atoms with E-state index >= 15 is 0 Å². The van der Waals surface area contributed by atoms with Crippen LogP contribution in [0.3, 0.4) is 0 Å². The number of nitrogens with zero attached hydrogens (tertiary/aromatic N) is 1. The molecule has 3 aromatic carbocycles. The van der Waals surface area contributed by atoms with Crippen molar-refractivity contribution in [2.75, 3.05) is 5.32 Å². The fourth-order valence-electron chi connectivity index (χ4n) is 2.32. The fraction of sp³-hybridized carbons (Fsp3) is 0. The van der Waals surface area contributed by atoms with Crippen molar-refractivity contribution < 1.29 is 18.8 Å². The highest BCUT2D eigenvalue weighted by molar-refractivity contribution is 6.31. The van der Waals surface area contributed by atoms with E-state index in [1.165, 1.54) is 36.4 Å². The second kappa shape index (κ2) is 7.84. The van der Waals surface area contributed by atoms with Crippen molar-refractivity contribution in [1.82, 2.24) is 0 Å². The van der Waals surface area contributed by atoms with E-state index < -0.39 is 16.6 Å². The van der Waals surface area contributed by atoms with Gasteiger partial charge in [-0.15, -0.1) is 0 Å². The minimum absolute atomic E-state index is 0.146. The Bertz CT molecular complexity index is 1010. The summed E-state index contributed by atoms with van der Waals surface area (Å²) in [7, 11) is 0. The summed E-state index contributed by atoms with van der Waals surface area (Å²) in [5, 5.41) is 13.8. The molecule has 27 heavy (non-hydrogen) atoms. The van der Waals surface area contributed by atoms with Crippen LogP contribution in [-0.4, -0.2) is 10.8 Å². The minimum atomic E-state index is -0.664. The summed E-state index contributed by atoms with van der Waals surface area (Å²) in [5.41, 5.74) is -0.0867. The first-order valence-corrected chi connectivity index (χ1v) is 8.09. The number of hydrogen-bond acceptors (Lipinski definition) is 4. The molecule has 1 N–H and O–H groups in total. The zero-order chi connectivity index (χ0) is 19.4. The van der Waals surface area contributed by atoms with Gasteiger partial charge in [0.15, 0.2) is 0 Å². The first kappa shape index (κ1) is 18.3. The number of nitrogens with one attached hydrogen (secondary N) is 1. The molecule has 8 heteroatoms. The molecule has 0 heterocycles. The monoisotopic (exact) mass is 386 g/mol. The second-order valence-corrected chi connectivity index (χ2v) is 5.89. The van der Waals surface area contributed by atoms with Crippen molar-refractivity contribution in [3.05, 3.63) is 93.2 Å². The zero-order valence-electron chi connectivity index (χ0n) is 13.7. The summed E-state index contributed by atoms with van der Waals surface area (Å²) in [5.74, 6) is -0.309. The maximum Gasteiger partial charge on any atom is 0.282 e. The molecule has 0 spiro atoms. The molecular formula is C19H12ClFN2O4. The lowest BCUT2D eigenvalue weighted by molar-refractivity contribution is -0.385. The van der Waals surface area contributed by atoms with Crippen LogP contribution in [0, 0.1) is 15.9 Å². The Kier molecular flexibility index (Phi) is 5.33. The number of nitro groups is 1. The van der Waals surface area contributed by atoms with Gasteiger partial charge in [-0.3, -0.25) is 14.9 Å². The maximum atomic E-state index is 13.2. The summed E-state index contributed by atoms with van der Waals surface area (Å²) in [4.78, 5) is 22.8. The number of nitro benzene ring substituents is 1. The standard InChI is InChI=1S/C19H12ClFN2O4/c20-12-4-9-18(23(25)26)17(10-12)19(24)22-14-5-7-15(8-6-14)27-16-3-1-2-13(21)11-16/h1-11H,(H,22,24). The number of rotatable bonds is 5. The molecule has 0 aliphatic rings. The van der Waals surface area contributed by atoms with Gasteiger partial charge in [0.25, 0.3) is 11.6 Å². The van der Waals surface area contributed by atoms with E-state index in [-0.39, 0.29) is 16.3 Å². The van der Waals surface area contributed by atoms with Crippen LogP contribution in [0.2, 0.25) is 5.02 Å². The Morgan fingerprint density at radius 1 is 1.04 bits per heavy atom. The molecular weight excluding hydrogens is 375 g/mol. The van der Waals surface area contributed by atoms with E-state index in [2.05, 4.69) is 5.32 Å². The van der Waals surface area contributed by atoms with Gasteiger partial charge >= 0.3 is 0 Å². The van der Waals surface area contributed by atoms with Gasteiger partial charge in [0.1, 0.15) is 22.9 Å². The molecule has 0 aromatic heterocycles. The first-order chi connectivity index (χ1) is 12.9. The number of hydrogen-bond donors (Lipinski definition) is 1. The number of anilines is 1. The number of ether oxygens (including phenoxy) is 1. The Hall–Kier alpha value is -3.45. The summed E-state index contributed by atoms with van der Waals surface area (Å²) < 4.78 is 18.7. The van der Waals surface area contributed by atoms with Crippen molar-refractivity contribution in [3.63, 3.8) is 0 Å². The quantitative estimate of drug-likeness (QED) is 0.468. The number of halogens is 2. The molecule has 0 aliphatic heterocycles. The van der Waals surface area contributed by atoms with Gasteiger partial charge in [-0.1, -0.05) is 17.7 Å². The fourth-order valence-corrected chi connectivity index (χ4v) is 2.49. The van der Waals surface area contributed by atoms with Crippen LogP contribution in [0.4, 0.5) is 15.8 Å². The number of carbonyl (C=O) groups excluding carboxylic acids is 1. The predicted octanol–water partition coefficient (Wildman–Crippen LogP) is 5.43. The van der Waals surface area contributed by atoms with Crippen LogP contribution in [0.1, 0.15) is 10.4 Å². The smallest absolute Gasteiger partial charge is 0.282 e. The topological polar surface area (TPSA) is 81.5 Å². The molecule has 0 radical (unpaired) electrons. The van der Waals surface area contributed by atoms with Crippen LogP contribution >= 0.6 is 11.6 Å². The van der Waals surface area contributed by atoms with E-state index in [0.29, 0.717) is 17.2 Å². The van der Waals surface area contributed by atoms with Crippen LogP contribution < -0.4 is 10.1 Å². The first-order valence-electron chi connectivity index (χ1n) is 7.71. The Labute approximate surface area is 158 Å².